The van der Waals surface area contributed by atoms with Gasteiger partial charge in [0.15, 0.2) is 0 Å². The molecule has 1 rings (SSSR count). The Labute approximate surface area is 144 Å². The molecule has 7 nitrogen and oxygen atoms in total. The average molecular weight is 341 g/mol. The van der Waals surface area contributed by atoms with Crippen LogP contribution in [0.2, 0.25) is 0 Å². The summed E-state index contributed by atoms with van der Waals surface area (Å²) in [4.78, 5) is 26.6. The Bertz CT molecular complexity index is 492. The molecule has 0 unspecified atom stereocenters. The number of carbonyl (C=O) groups excluding carboxylic acids is 2. The Balaban J connectivity index is 2.69. The lowest BCUT2D eigenvalue weighted by Crippen LogP contribution is -2.58. The highest BCUT2D eigenvalue weighted by molar-refractivity contribution is 6.04. The molecule has 1 fully saturated rings. The maximum atomic E-state index is 12.5. The summed E-state index contributed by atoms with van der Waals surface area (Å²) in [5, 5.41) is 11.6. The van der Waals surface area contributed by atoms with Gasteiger partial charge in [-0.2, -0.15) is 0 Å². The molecule has 0 radical (unpaired) electrons. The monoisotopic (exact) mass is 341 g/mol. The maximum Gasteiger partial charge on any atom is 0.252 e. The number of ether oxygens (including phenoxy) is 1. The van der Waals surface area contributed by atoms with Crippen LogP contribution >= 0.6 is 0 Å². The minimum absolute atomic E-state index is 0.184. The number of nitrogens with two attached hydrogens (primary N) is 1. The highest BCUT2D eigenvalue weighted by Crippen LogP contribution is 2.23. The summed E-state index contributed by atoms with van der Waals surface area (Å²) in [6, 6.07) is 0. The van der Waals surface area contributed by atoms with Gasteiger partial charge in [-0.15, -0.1) is 0 Å². The van der Waals surface area contributed by atoms with Gasteiger partial charge in [0.1, 0.15) is 0 Å². The van der Waals surface area contributed by atoms with Crippen LogP contribution in [-0.2, 0) is 14.3 Å². The minimum Gasteiger partial charge on any atom is -0.401 e. The first-order valence-electron chi connectivity index (χ1n) is 8.26. The zero-order chi connectivity index (χ0) is 18.5. The summed E-state index contributed by atoms with van der Waals surface area (Å²) < 4.78 is 5.34. The number of rotatable bonds is 6. The van der Waals surface area contributed by atoms with Gasteiger partial charge in [0.2, 0.25) is 5.91 Å². The molecule has 1 saturated heterocycles. The molecule has 0 bridgehead atoms. The van der Waals surface area contributed by atoms with Crippen molar-refractivity contribution in [2.24, 2.45) is 11.1 Å². The molecule has 138 valence electrons. The SMILES string of the molecule is COC1CCN(C(C)(C)C(=O)NC(=O)C=C(N)C(C)(C)CO)CC1. The van der Waals surface area contributed by atoms with Gasteiger partial charge < -0.3 is 15.6 Å². The topological polar surface area (TPSA) is 105 Å². The van der Waals surface area contributed by atoms with Crippen LogP contribution in [0, 0.1) is 5.41 Å². The molecule has 0 spiro atoms. The van der Waals surface area contributed by atoms with E-state index in [9.17, 15) is 14.7 Å². The second kappa shape index (κ2) is 8.09. The molecular formula is C17H31N3O4. The summed E-state index contributed by atoms with van der Waals surface area (Å²) in [7, 11) is 1.70. The second-order valence-corrected chi connectivity index (χ2v) is 7.44. The number of piperidine rings is 1. The zero-order valence-electron chi connectivity index (χ0n) is 15.4. The number of nitrogens with one attached hydrogen (secondary N) is 1. The summed E-state index contributed by atoms with van der Waals surface area (Å²) in [6.07, 6.45) is 3.11. The van der Waals surface area contributed by atoms with E-state index in [1.807, 2.05) is 0 Å². The van der Waals surface area contributed by atoms with Crippen LogP contribution in [0.15, 0.2) is 11.8 Å². The van der Waals surface area contributed by atoms with Crippen molar-refractivity contribution in [3.8, 4) is 0 Å². The van der Waals surface area contributed by atoms with Crippen molar-refractivity contribution < 1.29 is 19.4 Å². The number of hydrogen-bond donors (Lipinski definition) is 3. The molecular weight excluding hydrogens is 310 g/mol. The normalized spacial score (nSPS) is 18.5. The molecule has 0 aliphatic carbocycles. The van der Waals surface area contributed by atoms with Crippen LogP contribution in [0.1, 0.15) is 40.5 Å². The van der Waals surface area contributed by atoms with Crippen molar-refractivity contribution >= 4 is 11.8 Å². The highest BCUT2D eigenvalue weighted by Gasteiger charge is 2.37. The molecule has 7 heteroatoms. The van der Waals surface area contributed by atoms with Crippen molar-refractivity contribution in [3.63, 3.8) is 0 Å². The first-order chi connectivity index (χ1) is 11.0. The van der Waals surface area contributed by atoms with Gasteiger partial charge in [-0.25, -0.2) is 0 Å². The van der Waals surface area contributed by atoms with E-state index in [2.05, 4.69) is 10.2 Å². The van der Waals surface area contributed by atoms with E-state index in [4.69, 9.17) is 10.5 Å². The molecule has 0 aromatic rings. The predicted molar refractivity (Wildman–Crippen MR) is 92.0 cm³/mol. The standard InChI is InChI=1S/C17H31N3O4/c1-16(2,11-21)13(18)10-14(22)19-15(23)17(3,4)20-8-6-12(24-5)7-9-20/h10,12,21H,6-9,11,18H2,1-5H3,(H,19,22,23). The van der Waals surface area contributed by atoms with Crippen molar-refractivity contribution in [1.82, 2.24) is 10.2 Å². The molecule has 1 aliphatic heterocycles. The van der Waals surface area contributed by atoms with Gasteiger partial charge in [-0.05, 0) is 26.7 Å². The van der Waals surface area contributed by atoms with Crippen LogP contribution in [0.4, 0.5) is 0 Å². The molecule has 0 atom stereocenters. The van der Waals surface area contributed by atoms with Gasteiger partial charge in [0, 0.05) is 37.4 Å². The lowest BCUT2D eigenvalue weighted by Gasteiger charge is -2.41. The van der Waals surface area contributed by atoms with Crippen molar-refractivity contribution in [1.29, 1.82) is 0 Å². The number of hydrogen-bond acceptors (Lipinski definition) is 6. The molecule has 1 aliphatic rings. The minimum atomic E-state index is -0.802. The Hall–Kier alpha value is -1.44. The smallest absolute Gasteiger partial charge is 0.252 e. The largest absolute Gasteiger partial charge is 0.401 e. The predicted octanol–water partition coefficient (Wildman–Crippen LogP) is 0.380. The molecule has 24 heavy (non-hydrogen) atoms. The number of methoxy groups -OCH3 is 1. The lowest BCUT2D eigenvalue weighted by atomic mass is 9.90. The Morgan fingerprint density at radius 2 is 1.83 bits per heavy atom. The maximum absolute atomic E-state index is 12.5. The van der Waals surface area contributed by atoms with E-state index in [-0.39, 0.29) is 24.3 Å². The number of aliphatic hydroxyl groups is 1. The van der Waals surface area contributed by atoms with E-state index in [0.29, 0.717) is 0 Å². The van der Waals surface area contributed by atoms with Gasteiger partial charge in [-0.3, -0.25) is 19.8 Å². The van der Waals surface area contributed by atoms with Gasteiger partial charge in [-0.1, -0.05) is 13.8 Å². The summed E-state index contributed by atoms with van der Waals surface area (Å²) >= 11 is 0. The van der Waals surface area contributed by atoms with Crippen LogP contribution in [0.5, 0.6) is 0 Å². The quantitative estimate of drug-likeness (QED) is 0.603. The number of nitrogens with zero attached hydrogens (tertiary/aromatic N) is 1. The first-order valence-corrected chi connectivity index (χ1v) is 8.26. The van der Waals surface area contributed by atoms with E-state index in [0.717, 1.165) is 25.9 Å². The highest BCUT2D eigenvalue weighted by atomic mass is 16.5. The van der Waals surface area contributed by atoms with E-state index in [1.165, 1.54) is 6.08 Å². The fraction of sp³-hybridized carbons (Fsp3) is 0.765. The van der Waals surface area contributed by atoms with Gasteiger partial charge in [0.05, 0.1) is 18.2 Å². The molecule has 0 aromatic carbocycles. The van der Waals surface area contributed by atoms with E-state index >= 15 is 0 Å². The third-order valence-electron chi connectivity index (χ3n) is 4.82. The molecule has 4 N–H and O–H groups in total. The first kappa shape index (κ1) is 20.6. The summed E-state index contributed by atoms with van der Waals surface area (Å²) in [5.74, 6) is -0.937. The zero-order valence-corrected chi connectivity index (χ0v) is 15.4. The van der Waals surface area contributed by atoms with Crippen molar-refractivity contribution in [2.75, 3.05) is 26.8 Å². The number of amides is 2. The van der Waals surface area contributed by atoms with Gasteiger partial charge >= 0.3 is 0 Å². The lowest BCUT2D eigenvalue weighted by molar-refractivity contribution is -0.137. The summed E-state index contributed by atoms with van der Waals surface area (Å²) in [6.45, 7) is 8.33. The number of carbonyl (C=O) groups is 2. The number of likely N-dealkylation sites (tertiary alicyclic amines) is 1. The third kappa shape index (κ3) is 5.03. The average Bonchev–Trinajstić information content (AvgIpc) is 2.54. The fourth-order valence-corrected chi connectivity index (χ4v) is 2.52. The Morgan fingerprint density at radius 1 is 1.29 bits per heavy atom. The number of aliphatic hydroxyl groups excluding tert-OH is 1. The van der Waals surface area contributed by atoms with Crippen molar-refractivity contribution in [3.05, 3.63) is 11.8 Å². The van der Waals surface area contributed by atoms with Crippen LogP contribution in [0.25, 0.3) is 0 Å². The van der Waals surface area contributed by atoms with E-state index in [1.54, 1.807) is 34.8 Å². The molecule has 0 saturated carbocycles. The van der Waals surface area contributed by atoms with Crippen LogP contribution in [0.3, 0.4) is 0 Å². The number of imide groups is 1. The van der Waals surface area contributed by atoms with Gasteiger partial charge in [0.25, 0.3) is 5.91 Å². The van der Waals surface area contributed by atoms with Crippen LogP contribution < -0.4 is 11.1 Å². The third-order valence-corrected chi connectivity index (χ3v) is 4.82. The Morgan fingerprint density at radius 3 is 2.29 bits per heavy atom. The second-order valence-electron chi connectivity index (χ2n) is 7.44. The van der Waals surface area contributed by atoms with Crippen LogP contribution in [-0.4, -0.2) is 60.3 Å². The van der Waals surface area contributed by atoms with E-state index < -0.39 is 16.9 Å². The molecule has 2 amide bonds. The fourth-order valence-electron chi connectivity index (χ4n) is 2.52. The Kier molecular flexibility index (Phi) is 6.95. The molecule has 1 heterocycles. The molecule has 0 aromatic heterocycles. The summed E-state index contributed by atoms with van der Waals surface area (Å²) in [5.41, 5.74) is 4.54. The van der Waals surface area contributed by atoms with Crippen molar-refractivity contribution in [2.45, 2.75) is 52.2 Å².